The highest BCUT2D eigenvalue weighted by atomic mass is 16.6. The molecule has 152 valence electrons. The van der Waals surface area contributed by atoms with Crippen LogP contribution in [0.2, 0.25) is 0 Å². The van der Waals surface area contributed by atoms with Crippen molar-refractivity contribution < 1.29 is 14.6 Å². The van der Waals surface area contributed by atoms with Crippen LogP contribution in [0.25, 0.3) is 0 Å². The summed E-state index contributed by atoms with van der Waals surface area (Å²) in [6.07, 6.45) is 4.81. The second-order valence-corrected chi connectivity index (χ2v) is 9.23. The van der Waals surface area contributed by atoms with Gasteiger partial charge in [-0.3, -0.25) is 0 Å². The molecule has 0 aromatic heterocycles. The van der Waals surface area contributed by atoms with Crippen LogP contribution < -0.4 is 0 Å². The minimum absolute atomic E-state index is 0.166. The number of hydrogen-bond donors (Lipinski definition) is 1. The van der Waals surface area contributed by atoms with E-state index in [0.29, 0.717) is 18.4 Å². The maximum atomic E-state index is 9.49. The molecule has 5 unspecified atom stereocenters. The zero-order valence-electron chi connectivity index (χ0n) is 18.0. The fraction of sp³-hybridized carbons (Fsp3) is 0.792. The van der Waals surface area contributed by atoms with E-state index < -0.39 is 6.29 Å². The van der Waals surface area contributed by atoms with E-state index >= 15 is 0 Å². The first-order chi connectivity index (χ1) is 12.8. The Morgan fingerprint density at radius 3 is 2.44 bits per heavy atom. The zero-order valence-corrected chi connectivity index (χ0v) is 18.0. The monoisotopic (exact) mass is 374 g/mol. The molecule has 2 aliphatic carbocycles. The van der Waals surface area contributed by atoms with Crippen molar-refractivity contribution in [3.8, 4) is 0 Å². The summed E-state index contributed by atoms with van der Waals surface area (Å²) >= 11 is 0. The number of ether oxygens (including phenoxy) is 2. The number of hydrogen-bond acceptors (Lipinski definition) is 3. The van der Waals surface area contributed by atoms with E-state index in [0.717, 1.165) is 18.4 Å². The van der Waals surface area contributed by atoms with Crippen LogP contribution in [0, 0.1) is 29.6 Å². The van der Waals surface area contributed by atoms with Gasteiger partial charge in [0.15, 0.2) is 6.29 Å². The first-order valence-electron chi connectivity index (χ1n) is 10.9. The largest absolute Gasteiger partial charge is 0.373 e. The average molecular weight is 375 g/mol. The maximum Gasteiger partial charge on any atom is 0.151 e. The van der Waals surface area contributed by atoms with Gasteiger partial charge < -0.3 is 14.6 Å². The van der Waals surface area contributed by atoms with Gasteiger partial charge in [-0.25, -0.2) is 0 Å². The van der Waals surface area contributed by atoms with Gasteiger partial charge >= 0.3 is 0 Å². The van der Waals surface area contributed by atoms with Crippen molar-refractivity contribution in [2.24, 2.45) is 29.6 Å². The Labute approximate surface area is 165 Å². The molecule has 0 radical (unpaired) electrons. The fourth-order valence-electron chi connectivity index (χ4n) is 5.49. The predicted octanol–water partition coefficient (Wildman–Crippen LogP) is 5.26. The second kappa shape index (κ2) is 8.66. The van der Waals surface area contributed by atoms with Gasteiger partial charge in [-0.1, -0.05) is 39.2 Å². The minimum Gasteiger partial charge on any atom is -0.373 e. The summed E-state index contributed by atoms with van der Waals surface area (Å²) in [5.41, 5.74) is 9.27. The Bertz CT molecular complexity index is 630. The van der Waals surface area contributed by atoms with Crippen molar-refractivity contribution in [3.63, 3.8) is 0 Å². The van der Waals surface area contributed by atoms with Crippen molar-refractivity contribution >= 4 is 0 Å². The SMILES string of the molecule is CC1=C=C(C(C)COC(C)O)C(C)C2=C1C(C)OCC2C1CCC(C)CC1. The van der Waals surface area contributed by atoms with Crippen molar-refractivity contribution in [1.82, 2.24) is 0 Å². The van der Waals surface area contributed by atoms with Gasteiger partial charge in [0.1, 0.15) is 0 Å². The van der Waals surface area contributed by atoms with Gasteiger partial charge in [-0.05, 0) is 62.2 Å². The summed E-state index contributed by atoms with van der Waals surface area (Å²) in [5, 5.41) is 9.49. The second-order valence-electron chi connectivity index (χ2n) is 9.23. The topological polar surface area (TPSA) is 38.7 Å². The molecule has 3 rings (SSSR count). The fourth-order valence-corrected chi connectivity index (χ4v) is 5.49. The zero-order chi connectivity index (χ0) is 19.7. The molecule has 3 nitrogen and oxygen atoms in total. The molecule has 1 N–H and O–H groups in total. The highest BCUT2D eigenvalue weighted by Crippen LogP contribution is 2.47. The van der Waals surface area contributed by atoms with E-state index in [4.69, 9.17) is 9.47 Å². The molecular weight excluding hydrogens is 336 g/mol. The molecule has 0 aromatic carbocycles. The normalized spacial score (nSPS) is 36.6. The van der Waals surface area contributed by atoms with E-state index in [1.807, 2.05) is 0 Å². The molecule has 1 heterocycles. The molecule has 5 atom stereocenters. The van der Waals surface area contributed by atoms with E-state index in [2.05, 4.69) is 40.3 Å². The van der Waals surface area contributed by atoms with Gasteiger partial charge in [0.2, 0.25) is 0 Å². The van der Waals surface area contributed by atoms with Gasteiger partial charge in [0.25, 0.3) is 0 Å². The minimum atomic E-state index is -0.716. The van der Waals surface area contributed by atoms with Crippen LogP contribution in [0.5, 0.6) is 0 Å². The molecule has 1 saturated carbocycles. The Morgan fingerprint density at radius 1 is 1.15 bits per heavy atom. The highest BCUT2D eigenvalue weighted by Gasteiger charge is 2.40. The Hall–Kier alpha value is -0.860. The smallest absolute Gasteiger partial charge is 0.151 e. The molecule has 0 spiro atoms. The molecule has 0 saturated heterocycles. The lowest BCUT2D eigenvalue weighted by atomic mass is 9.65. The first-order valence-corrected chi connectivity index (χ1v) is 10.9. The highest BCUT2D eigenvalue weighted by molar-refractivity contribution is 5.47. The van der Waals surface area contributed by atoms with E-state index in [1.165, 1.54) is 42.4 Å². The summed E-state index contributed by atoms with van der Waals surface area (Å²) in [6, 6.07) is 0. The molecule has 1 fully saturated rings. The Kier molecular flexibility index (Phi) is 6.69. The molecular formula is C24H38O3. The van der Waals surface area contributed by atoms with Gasteiger partial charge in [-0.15, -0.1) is 5.73 Å². The maximum absolute atomic E-state index is 9.49. The number of rotatable bonds is 5. The van der Waals surface area contributed by atoms with E-state index in [-0.39, 0.29) is 12.0 Å². The third kappa shape index (κ3) is 4.43. The first kappa shape index (κ1) is 20.9. The van der Waals surface area contributed by atoms with Crippen molar-refractivity contribution in [2.75, 3.05) is 13.2 Å². The summed E-state index contributed by atoms with van der Waals surface area (Å²) in [6.45, 7) is 14.4. The molecule has 27 heavy (non-hydrogen) atoms. The average Bonchev–Trinajstić information content (AvgIpc) is 2.63. The molecule has 0 amide bonds. The molecule has 0 aromatic rings. The van der Waals surface area contributed by atoms with Crippen LogP contribution in [-0.4, -0.2) is 30.7 Å². The van der Waals surface area contributed by atoms with Crippen LogP contribution in [0.3, 0.4) is 0 Å². The molecule has 1 aliphatic heterocycles. The summed E-state index contributed by atoms with van der Waals surface area (Å²) in [4.78, 5) is 0. The standard InChI is InChI=1S/C24H38O3/c1-14-7-9-20(10-8-14)22-13-26-18(5)23-15(2)11-21(17(4)24(22)23)16(3)12-27-19(6)25/h14,16-20,22,25H,7-10,12-13H2,1-6H3. The van der Waals surface area contributed by atoms with E-state index in [9.17, 15) is 5.11 Å². The Morgan fingerprint density at radius 2 is 1.81 bits per heavy atom. The van der Waals surface area contributed by atoms with Crippen LogP contribution in [0.4, 0.5) is 0 Å². The van der Waals surface area contributed by atoms with Crippen molar-refractivity contribution in [1.29, 1.82) is 0 Å². The van der Waals surface area contributed by atoms with Gasteiger partial charge in [-0.2, -0.15) is 0 Å². The summed E-state index contributed by atoms with van der Waals surface area (Å²) in [7, 11) is 0. The molecule has 3 heteroatoms. The molecule has 0 bridgehead atoms. The van der Waals surface area contributed by atoms with Gasteiger partial charge in [0, 0.05) is 17.8 Å². The van der Waals surface area contributed by atoms with Gasteiger partial charge in [0.05, 0.1) is 19.3 Å². The summed E-state index contributed by atoms with van der Waals surface area (Å²) in [5.74, 6) is 2.79. The predicted molar refractivity (Wildman–Crippen MR) is 109 cm³/mol. The van der Waals surface area contributed by atoms with Crippen LogP contribution >= 0.6 is 0 Å². The van der Waals surface area contributed by atoms with Crippen LogP contribution in [0.15, 0.2) is 28.0 Å². The third-order valence-electron chi connectivity index (χ3n) is 7.06. The lowest BCUT2D eigenvalue weighted by molar-refractivity contribution is -0.0922. The van der Waals surface area contributed by atoms with Crippen molar-refractivity contribution in [2.45, 2.75) is 79.6 Å². The van der Waals surface area contributed by atoms with Crippen LogP contribution in [-0.2, 0) is 9.47 Å². The summed E-state index contributed by atoms with van der Waals surface area (Å²) < 4.78 is 11.7. The van der Waals surface area contributed by atoms with E-state index in [1.54, 1.807) is 12.5 Å². The van der Waals surface area contributed by atoms with Crippen molar-refractivity contribution in [3.05, 3.63) is 28.0 Å². The molecule has 3 aliphatic rings. The quantitative estimate of drug-likeness (QED) is 0.527. The number of aliphatic hydroxyl groups excluding tert-OH is 1. The Balaban J connectivity index is 1.89. The lowest BCUT2D eigenvalue weighted by Crippen LogP contribution is -2.38. The third-order valence-corrected chi connectivity index (χ3v) is 7.06. The number of aliphatic hydroxyl groups is 1. The lowest BCUT2D eigenvalue weighted by Gasteiger charge is -2.44. The van der Waals surface area contributed by atoms with Crippen LogP contribution in [0.1, 0.15) is 67.2 Å².